The number of carbonyl (C=O) groups is 4. The normalized spacial score (nSPS) is 12.1. The van der Waals surface area contributed by atoms with E-state index in [2.05, 4.69) is 16.0 Å². The number of hydrogen-bond donors (Lipinski definition) is 3. The average molecular weight is 561 g/mol. The molecule has 2 atom stereocenters. The molecule has 0 unspecified atom stereocenters. The van der Waals surface area contributed by atoms with Crippen LogP contribution in [-0.4, -0.2) is 55.1 Å². The van der Waals surface area contributed by atoms with Gasteiger partial charge in [-0.2, -0.15) is 0 Å². The zero-order valence-corrected chi connectivity index (χ0v) is 23.6. The summed E-state index contributed by atoms with van der Waals surface area (Å²) < 4.78 is 5.27. The molecule has 0 saturated heterocycles. The highest BCUT2D eigenvalue weighted by molar-refractivity contribution is 6.04. The van der Waals surface area contributed by atoms with E-state index in [1.807, 2.05) is 36.4 Å². The molecule has 3 aromatic rings. The van der Waals surface area contributed by atoms with Crippen LogP contribution in [0.5, 0.6) is 0 Å². The largest absolute Gasteiger partial charge is 0.445 e. The van der Waals surface area contributed by atoms with Gasteiger partial charge >= 0.3 is 6.09 Å². The Morgan fingerprint density at radius 2 is 1.41 bits per heavy atom. The Kier molecular flexibility index (Phi) is 11.4. The molecule has 0 fully saturated rings. The molecule has 216 valence electrons. The molecule has 4 amide bonds. The van der Waals surface area contributed by atoms with Gasteiger partial charge in [0.2, 0.25) is 5.91 Å². The average Bonchev–Trinajstić information content (AvgIpc) is 2.99. The van der Waals surface area contributed by atoms with Crippen LogP contribution in [-0.2, 0) is 32.2 Å². The van der Waals surface area contributed by atoms with E-state index in [9.17, 15) is 19.2 Å². The van der Waals surface area contributed by atoms with Crippen molar-refractivity contribution in [1.82, 2.24) is 15.7 Å². The Hall–Kier alpha value is -4.70. The fourth-order valence-corrected chi connectivity index (χ4v) is 3.95. The van der Waals surface area contributed by atoms with Gasteiger partial charge in [0, 0.05) is 24.7 Å². The molecular weight excluding hydrogens is 524 g/mol. The smallest absolute Gasteiger partial charge is 0.408 e. The zero-order chi connectivity index (χ0) is 29.8. The van der Waals surface area contributed by atoms with Crippen LogP contribution in [0.25, 0.3) is 0 Å². The van der Waals surface area contributed by atoms with Gasteiger partial charge in [-0.3, -0.25) is 19.2 Å². The van der Waals surface area contributed by atoms with Gasteiger partial charge in [-0.15, -0.1) is 0 Å². The van der Waals surface area contributed by atoms with Crippen molar-refractivity contribution in [3.05, 3.63) is 102 Å². The number of ether oxygens (including phenoxy) is 1. The van der Waals surface area contributed by atoms with Crippen molar-refractivity contribution in [3.8, 4) is 0 Å². The summed E-state index contributed by atoms with van der Waals surface area (Å²) >= 11 is 0. The van der Waals surface area contributed by atoms with Gasteiger partial charge in [0.1, 0.15) is 18.7 Å². The highest BCUT2D eigenvalue weighted by Gasteiger charge is 2.31. The molecule has 0 aromatic heterocycles. The molecule has 0 radical (unpaired) electrons. The molecule has 41 heavy (non-hydrogen) atoms. The quantitative estimate of drug-likeness (QED) is 0.288. The number of nitrogens with one attached hydrogen (secondary N) is 3. The number of benzene rings is 3. The molecule has 0 bridgehead atoms. The van der Waals surface area contributed by atoms with Crippen LogP contribution >= 0.6 is 0 Å². The van der Waals surface area contributed by atoms with Crippen molar-refractivity contribution >= 4 is 29.5 Å². The molecule has 3 N–H and O–H groups in total. The monoisotopic (exact) mass is 560 g/mol. The first kappa shape index (κ1) is 30.8. The summed E-state index contributed by atoms with van der Waals surface area (Å²) in [6.07, 6.45) is -0.596. The van der Waals surface area contributed by atoms with E-state index in [1.54, 1.807) is 62.4 Å². The molecular formula is C31H36N4O6. The maximum absolute atomic E-state index is 13.3. The fraction of sp³-hybridized carbons (Fsp3) is 0.290. The van der Waals surface area contributed by atoms with Gasteiger partial charge in [0.15, 0.2) is 0 Å². The lowest BCUT2D eigenvalue weighted by molar-refractivity contribution is -0.171. The van der Waals surface area contributed by atoms with Gasteiger partial charge in [-0.1, -0.05) is 74.5 Å². The third-order valence-corrected chi connectivity index (χ3v) is 6.32. The summed E-state index contributed by atoms with van der Waals surface area (Å²) in [6.45, 7) is 3.62. The minimum absolute atomic E-state index is 0.0562. The Labute approximate surface area is 240 Å². The second kappa shape index (κ2) is 15.2. The Balaban J connectivity index is 1.66. The van der Waals surface area contributed by atoms with Crippen molar-refractivity contribution < 1.29 is 28.8 Å². The Morgan fingerprint density at radius 3 is 2.00 bits per heavy atom. The number of hydrogen-bond acceptors (Lipinski definition) is 6. The molecule has 3 rings (SSSR count). The van der Waals surface area contributed by atoms with Crippen LogP contribution in [0.15, 0.2) is 84.9 Å². The second-order valence-corrected chi connectivity index (χ2v) is 9.73. The number of alkyl carbamates (subject to hydrolysis) is 1. The highest BCUT2D eigenvalue weighted by atomic mass is 16.7. The molecule has 0 heterocycles. The van der Waals surface area contributed by atoms with E-state index in [4.69, 9.17) is 9.57 Å². The SMILES string of the molecule is CON(C)C(=O)[C@H](Cc1ccc(NC(=O)c2ccccc2)cc1)NC(=O)[C@@H](NC(=O)OCc1ccccc1)C(C)C. The lowest BCUT2D eigenvalue weighted by atomic mass is 10.0. The molecule has 0 spiro atoms. The van der Waals surface area contributed by atoms with Gasteiger partial charge in [0.25, 0.3) is 11.8 Å². The number of carbonyl (C=O) groups excluding carboxylic acids is 4. The molecule has 0 aliphatic rings. The third kappa shape index (κ3) is 9.47. The molecule has 0 aliphatic heterocycles. The molecule has 0 aliphatic carbocycles. The van der Waals surface area contributed by atoms with E-state index < -0.39 is 30.0 Å². The van der Waals surface area contributed by atoms with Crippen LogP contribution in [0.1, 0.15) is 35.3 Å². The van der Waals surface area contributed by atoms with Crippen LogP contribution < -0.4 is 16.0 Å². The zero-order valence-electron chi connectivity index (χ0n) is 23.6. The summed E-state index contributed by atoms with van der Waals surface area (Å²) in [6, 6.07) is 23.1. The fourth-order valence-electron chi connectivity index (χ4n) is 3.95. The van der Waals surface area contributed by atoms with Crippen LogP contribution in [0.3, 0.4) is 0 Å². The first-order chi connectivity index (χ1) is 19.7. The number of amides is 4. The second-order valence-electron chi connectivity index (χ2n) is 9.73. The number of likely N-dealkylation sites (N-methyl/N-ethyl adjacent to an activating group) is 1. The third-order valence-electron chi connectivity index (χ3n) is 6.32. The van der Waals surface area contributed by atoms with Crippen molar-refractivity contribution in [3.63, 3.8) is 0 Å². The minimum atomic E-state index is -0.986. The predicted octanol–water partition coefficient (Wildman–Crippen LogP) is 3.94. The summed E-state index contributed by atoms with van der Waals surface area (Å²) in [5, 5.41) is 9.23. The van der Waals surface area contributed by atoms with Crippen molar-refractivity contribution in [2.45, 2.75) is 39.0 Å². The maximum Gasteiger partial charge on any atom is 0.408 e. The lowest BCUT2D eigenvalue weighted by Crippen LogP contribution is -2.56. The van der Waals surface area contributed by atoms with Gasteiger partial charge in [-0.25, -0.2) is 9.86 Å². The van der Waals surface area contributed by atoms with Crippen LogP contribution in [0, 0.1) is 5.92 Å². The number of hydroxylamine groups is 2. The Bertz CT molecular complexity index is 1300. The number of nitrogens with zero attached hydrogens (tertiary/aromatic N) is 1. The maximum atomic E-state index is 13.3. The van der Waals surface area contributed by atoms with Gasteiger partial charge in [-0.05, 0) is 41.3 Å². The highest BCUT2D eigenvalue weighted by Crippen LogP contribution is 2.14. The van der Waals surface area contributed by atoms with E-state index in [-0.39, 0.29) is 24.9 Å². The van der Waals surface area contributed by atoms with E-state index in [1.165, 1.54) is 14.2 Å². The summed E-state index contributed by atoms with van der Waals surface area (Å²) in [5.41, 5.74) is 2.67. The Morgan fingerprint density at radius 1 is 0.805 bits per heavy atom. The van der Waals surface area contributed by atoms with E-state index in [0.717, 1.165) is 16.2 Å². The predicted molar refractivity (Wildman–Crippen MR) is 155 cm³/mol. The van der Waals surface area contributed by atoms with Crippen LogP contribution in [0.4, 0.5) is 10.5 Å². The molecule has 0 saturated carbocycles. The standard InChI is InChI=1S/C31H36N4O6/c1-21(2)27(34-31(39)41-20-23-11-7-5-8-12-23)29(37)33-26(30(38)35(3)40-4)19-22-15-17-25(18-16-22)32-28(36)24-13-9-6-10-14-24/h5-18,21,26-27H,19-20H2,1-4H3,(H,32,36)(H,33,37)(H,34,39)/t26-,27-/m0/s1. The van der Waals surface area contributed by atoms with Crippen molar-refractivity contribution in [1.29, 1.82) is 0 Å². The number of anilines is 1. The summed E-state index contributed by atoms with van der Waals surface area (Å²) in [4.78, 5) is 56.3. The van der Waals surface area contributed by atoms with Gasteiger partial charge < -0.3 is 20.7 Å². The van der Waals surface area contributed by atoms with Gasteiger partial charge in [0.05, 0.1) is 7.11 Å². The summed E-state index contributed by atoms with van der Waals surface area (Å²) in [5.74, 6) is -1.54. The van der Waals surface area contributed by atoms with E-state index >= 15 is 0 Å². The van der Waals surface area contributed by atoms with Crippen molar-refractivity contribution in [2.75, 3.05) is 19.5 Å². The number of rotatable bonds is 12. The van der Waals surface area contributed by atoms with Crippen LogP contribution in [0.2, 0.25) is 0 Å². The van der Waals surface area contributed by atoms with Crippen molar-refractivity contribution in [2.24, 2.45) is 5.92 Å². The lowest BCUT2D eigenvalue weighted by Gasteiger charge is -2.27. The molecule has 10 nitrogen and oxygen atoms in total. The first-order valence-corrected chi connectivity index (χ1v) is 13.2. The minimum Gasteiger partial charge on any atom is -0.445 e. The topological polar surface area (TPSA) is 126 Å². The molecule has 3 aromatic carbocycles. The first-order valence-electron chi connectivity index (χ1n) is 13.2. The molecule has 10 heteroatoms. The van der Waals surface area contributed by atoms with E-state index in [0.29, 0.717) is 11.3 Å². The summed E-state index contributed by atoms with van der Waals surface area (Å²) in [7, 11) is 2.80.